The second-order valence-electron chi connectivity index (χ2n) is 24.9. The van der Waals surface area contributed by atoms with Gasteiger partial charge in [-0.3, -0.25) is 14.7 Å². The molecule has 0 aliphatic carbocycles. The van der Waals surface area contributed by atoms with Crippen LogP contribution >= 0.6 is 0 Å². The van der Waals surface area contributed by atoms with Crippen LogP contribution in [0.25, 0.3) is 0 Å². The Hall–Kier alpha value is -10.4. The van der Waals surface area contributed by atoms with Gasteiger partial charge in [-0.2, -0.15) is 0 Å². The molecule has 0 spiro atoms. The van der Waals surface area contributed by atoms with Gasteiger partial charge in [-0.25, -0.2) is 38.4 Å². The van der Waals surface area contributed by atoms with Crippen molar-refractivity contribution in [1.82, 2.24) is 19.6 Å². The Bertz CT molecular complexity index is 3580. The fourth-order valence-corrected chi connectivity index (χ4v) is 11.1. The minimum absolute atomic E-state index is 0.00432. The van der Waals surface area contributed by atoms with Gasteiger partial charge in [-0.15, -0.1) is 0 Å². The molecule has 584 valence electrons. The highest BCUT2D eigenvalue weighted by Gasteiger charge is 2.32. The SMILES string of the molecule is O=C(O)COC/C=C\CN1C(=O)OCC[C@@H]1/C=C/C(O)Cc1ccccc1.O=C(O)COCC#CCN1C(=O)OCC[C@@H]1/C=C/C(O)Cc1ccccc1.O=C(O)COCC#CCN1C(=O)OCC[C@@H]1CCC(O)Cc1ccccc1.O=C(O)COCCCCN1C(=O)OCC[C@@H]1/C=C/C(O)Cc1ccccc1. The molecule has 4 aliphatic rings. The standard InChI is InChI=1S/C20H27NO6.2C20H25NO6.C20H23NO6/c4*22-18(14-16-6-2-1-3-7-16)9-8-17-10-13-27-20(25)21(17)11-4-5-12-26-15-19(23)24/h1-3,6-9,17-18,22H,4-5,10-15H2,(H,23,24);1-3,6-7,17-18,22H,8-15H2,(H,23,24);1-9,17-18,22H,10-15H2,(H,23,24);1-3,6-9,17-18,22H,10-15H2,(H,23,24)/b9-8+;;5-4-,9-8+;9-8+/t4*17-,18?/m0000/s1. The first-order valence-electron chi connectivity index (χ1n) is 35.7. The summed E-state index contributed by atoms with van der Waals surface area (Å²) in [4.78, 5) is 95.7. The molecular formula is C80H100N4O24. The van der Waals surface area contributed by atoms with Gasteiger partial charge in [0, 0.05) is 70.7 Å². The summed E-state index contributed by atoms with van der Waals surface area (Å²) in [6.45, 7) is 1.51. The summed E-state index contributed by atoms with van der Waals surface area (Å²) in [5.74, 6) is 6.82. The molecule has 4 aliphatic heterocycles. The number of rotatable bonds is 38. The summed E-state index contributed by atoms with van der Waals surface area (Å²) >= 11 is 0. The van der Waals surface area contributed by atoms with Crippen LogP contribution in [0.15, 0.2) is 170 Å². The first-order valence-corrected chi connectivity index (χ1v) is 35.7. The summed E-state index contributed by atoms with van der Waals surface area (Å²) in [6.07, 6.45) is 17.3. The topological polar surface area (TPSA) is 385 Å². The molecule has 0 aromatic heterocycles. The number of carboxylic acids is 4. The number of benzene rings is 4. The highest BCUT2D eigenvalue weighted by molar-refractivity contribution is 5.72. The van der Waals surface area contributed by atoms with Crippen LogP contribution in [0.3, 0.4) is 0 Å². The minimum Gasteiger partial charge on any atom is -0.480 e. The number of hydrogen-bond donors (Lipinski definition) is 8. The van der Waals surface area contributed by atoms with Gasteiger partial charge >= 0.3 is 48.3 Å². The fraction of sp³-hybridized carbons (Fsp3) is 0.450. The lowest BCUT2D eigenvalue weighted by atomic mass is 9.99. The molecule has 108 heavy (non-hydrogen) atoms. The number of cyclic esters (lactones) is 4. The van der Waals surface area contributed by atoms with Crippen LogP contribution < -0.4 is 0 Å². The number of amides is 4. The first-order chi connectivity index (χ1) is 52.2. The van der Waals surface area contributed by atoms with E-state index >= 15 is 0 Å². The Labute approximate surface area is 629 Å². The average Bonchev–Trinajstić information content (AvgIpc) is 0.871. The molecule has 28 nitrogen and oxygen atoms in total. The maximum atomic E-state index is 12.0. The van der Waals surface area contributed by atoms with E-state index in [1.807, 2.05) is 133 Å². The molecule has 4 amide bonds. The summed E-state index contributed by atoms with van der Waals surface area (Å²) in [5.41, 5.74) is 4.20. The molecule has 0 radical (unpaired) electrons. The van der Waals surface area contributed by atoms with E-state index < -0.39 is 79.8 Å². The smallest absolute Gasteiger partial charge is 0.411 e. The number of aliphatic hydroxyl groups is 4. The molecule has 4 aromatic carbocycles. The Morgan fingerprint density at radius 3 is 1.26 bits per heavy atom. The van der Waals surface area contributed by atoms with Gasteiger partial charge in [-0.1, -0.05) is 194 Å². The quantitative estimate of drug-likeness (QED) is 0.00937. The van der Waals surface area contributed by atoms with Crippen LogP contribution in [0.1, 0.15) is 73.6 Å². The number of hydrogen-bond acceptors (Lipinski definition) is 20. The summed E-state index contributed by atoms with van der Waals surface area (Å²) in [5, 5.41) is 74.8. The van der Waals surface area contributed by atoms with Crippen molar-refractivity contribution in [1.29, 1.82) is 0 Å². The van der Waals surface area contributed by atoms with Crippen LogP contribution in [0.4, 0.5) is 19.2 Å². The number of ether oxygens (including phenoxy) is 8. The third-order valence-corrected chi connectivity index (χ3v) is 16.5. The molecule has 8 N–H and O–H groups in total. The molecule has 28 heteroatoms. The van der Waals surface area contributed by atoms with E-state index in [0.29, 0.717) is 123 Å². The third-order valence-electron chi connectivity index (χ3n) is 16.5. The molecule has 4 saturated heterocycles. The van der Waals surface area contributed by atoms with Crippen molar-refractivity contribution < 1.29 is 117 Å². The maximum absolute atomic E-state index is 12.0. The Balaban J connectivity index is 0.000000258. The molecular weight excluding hydrogens is 1400 g/mol. The largest absolute Gasteiger partial charge is 0.480 e. The second-order valence-corrected chi connectivity index (χ2v) is 24.9. The van der Waals surface area contributed by atoms with Gasteiger partial charge < -0.3 is 83.6 Å². The number of aliphatic hydroxyl groups excluding tert-OH is 4. The second kappa shape index (κ2) is 52.6. The van der Waals surface area contributed by atoms with Gasteiger partial charge in [0.25, 0.3) is 0 Å². The lowest BCUT2D eigenvalue weighted by Crippen LogP contribution is -2.46. The lowest BCUT2D eigenvalue weighted by molar-refractivity contribution is -0.143. The zero-order chi connectivity index (χ0) is 77.9. The zero-order valence-corrected chi connectivity index (χ0v) is 60.5. The molecule has 0 saturated carbocycles. The van der Waals surface area contributed by atoms with Crippen LogP contribution in [0, 0.1) is 23.7 Å². The van der Waals surface area contributed by atoms with Crippen molar-refractivity contribution in [3.05, 3.63) is 192 Å². The van der Waals surface area contributed by atoms with Crippen molar-refractivity contribution in [2.24, 2.45) is 0 Å². The third kappa shape index (κ3) is 38.2. The first kappa shape index (κ1) is 88.2. The van der Waals surface area contributed by atoms with Gasteiger partial charge in [0.2, 0.25) is 0 Å². The highest BCUT2D eigenvalue weighted by Crippen LogP contribution is 2.22. The molecule has 0 bridgehead atoms. The molecule has 8 atom stereocenters. The van der Waals surface area contributed by atoms with E-state index in [0.717, 1.165) is 22.3 Å². The van der Waals surface area contributed by atoms with Gasteiger partial charge in [0.1, 0.15) is 39.6 Å². The monoisotopic (exact) mass is 1500 g/mol. The maximum Gasteiger partial charge on any atom is 0.411 e. The van der Waals surface area contributed by atoms with Crippen LogP contribution in [-0.4, -0.2) is 263 Å². The van der Waals surface area contributed by atoms with E-state index in [4.69, 9.17) is 58.3 Å². The van der Waals surface area contributed by atoms with Gasteiger partial charge in [0.15, 0.2) is 0 Å². The Kier molecular flexibility index (Phi) is 42.9. The number of carbonyl (C=O) groups excluding carboxylic acids is 4. The normalized spacial score (nSPS) is 18.2. The zero-order valence-electron chi connectivity index (χ0n) is 60.5. The minimum atomic E-state index is -1.06. The van der Waals surface area contributed by atoms with E-state index in [1.54, 1.807) is 51.2 Å². The highest BCUT2D eigenvalue weighted by atomic mass is 16.6. The lowest BCUT2D eigenvalue weighted by Gasteiger charge is -2.34. The van der Waals surface area contributed by atoms with Crippen molar-refractivity contribution in [2.45, 2.75) is 126 Å². The number of carboxylic acid groups (broad SMARTS) is 4. The van der Waals surface area contributed by atoms with Crippen molar-refractivity contribution in [3.63, 3.8) is 0 Å². The summed E-state index contributed by atoms with van der Waals surface area (Å²) in [7, 11) is 0. The predicted octanol–water partition coefficient (Wildman–Crippen LogP) is 7.40. The molecule has 4 unspecified atom stereocenters. The predicted molar refractivity (Wildman–Crippen MR) is 395 cm³/mol. The number of aliphatic carboxylic acids is 4. The molecule has 4 aromatic rings. The van der Waals surface area contributed by atoms with Crippen LogP contribution in [-0.2, 0) is 82.8 Å². The van der Waals surface area contributed by atoms with E-state index in [-0.39, 0.29) is 76.4 Å². The van der Waals surface area contributed by atoms with Crippen LogP contribution in [0.5, 0.6) is 0 Å². The van der Waals surface area contributed by atoms with E-state index in [1.165, 1.54) is 4.90 Å². The van der Waals surface area contributed by atoms with E-state index in [2.05, 4.69) is 23.7 Å². The average molecular weight is 1500 g/mol. The number of carbonyl (C=O) groups is 8. The summed E-state index contributed by atoms with van der Waals surface area (Å²) in [6, 6.07) is 38.4. The van der Waals surface area contributed by atoms with Gasteiger partial charge in [0.05, 0.1) is 88.7 Å². The Morgan fingerprint density at radius 1 is 0.435 bits per heavy atom. The van der Waals surface area contributed by atoms with Crippen molar-refractivity contribution >= 4 is 48.3 Å². The number of unbranched alkanes of at least 4 members (excludes halogenated alkanes) is 1. The summed E-state index contributed by atoms with van der Waals surface area (Å²) < 4.78 is 39.9. The van der Waals surface area contributed by atoms with E-state index in [9.17, 15) is 58.8 Å². The number of nitrogens with zero attached hydrogens (tertiary/aromatic N) is 4. The van der Waals surface area contributed by atoms with Gasteiger partial charge in [-0.05, 0) is 54.4 Å². The fourth-order valence-electron chi connectivity index (χ4n) is 11.1. The van der Waals surface area contributed by atoms with Crippen molar-refractivity contribution in [3.8, 4) is 23.7 Å². The molecule has 8 rings (SSSR count). The van der Waals surface area contributed by atoms with Crippen LogP contribution in [0.2, 0.25) is 0 Å². The van der Waals surface area contributed by atoms with Crippen molar-refractivity contribution in [2.75, 3.05) is 105 Å². The molecule has 4 fully saturated rings. The Morgan fingerprint density at radius 2 is 0.806 bits per heavy atom. The molecule has 4 heterocycles.